The molecule has 0 saturated carbocycles. The molecule has 5 amide bonds. The molecule has 0 unspecified atom stereocenters. The van der Waals surface area contributed by atoms with Gasteiger partial charge in [-0.1, -0.05) is 0 Å². The molecule has 0 bridgehead atoms. The predicted molar refractivity (Wildman–Crippen MR) is 127 cm³/mol. The Kier molecular flexibility index (Phi) is 6.47. The van der Waals surface area contributed by atoms with Crippen LogP contribution in [0.1, 0.15) is 48.9 Å². The Bertz CT molecular complexity index is 1400. The number of imide groups is 1. The van der Waals surface area contributed by atoms with Crippen LogP contribution in [0.2, 0.25) is 0 Å². The fourth-order valence-electron chi connectivity index (χ4n) is 5.73. The lowest BCUT2D eigenvalue weighted by molar-refractivity contribution is -0.143. The second-order valence-corrected chi connectivity index (χ2v) is 9.82. The summed E-state index contributed by atoms with van der Waals surface area (Å²) in [7, 11) is 1.39. The number of benzene rings is 2. The molecule has 2 N–H and O–H groups in total. The molecule has 3 atom stereocenters. The number of carbonyl (C=O) groups excluding carboxylic acids is 4. The van der Waals surface area contributed by atoms with Gasteiger partial charge >= 0.3 is 12.1 Å². The summed E-state index contributed by atoms with van der Waals surface area (Å²) in [5.41, 5.74) is -1.54. The summed E-state index contributed by atoms with van der Waals surface area (Å²) in [5, 5.41) is 4.79. The zero-order valence-corrected chi connectivity index (χ0v) is 20.9. The molecule has 2 heterocycles. The summed E-state index contributed by atoms with van der Waals surface area (Å²) in [5.74, 6) is -6.88. The van der Waals surface area contributed by atoms with Crippen molar-refractivity contribution >= 4 is 29.6 Å². The highest BCUT2D eigenvalue weighted by Gasteiger charge is 2.60. The lowest BCUT2D eigenvalue weighted by Crippen LogP contribution is -2.46. The van der Waals surface area contributed by atoms with Crippen molar-refractivity contribution in [1.29, 1.82) is 0 Å². The fraction of sp³-hybridized carbons (Fsp3) is 0.385. The van der Waals surface area contributed by atoms with Crippen molar-refractivity contribution < 1.29 is 41.5 Å². The van der Waals surface area contributed by atoms with Gasteiger partial charge in [-0.05, 0) is 61.6 Å². The van der Waals surface area contributed by atoms with Gasteiger partial charge in [0.25, 0.3) is 5.91 Å². The minimum atomic E-state index is -1.96. The highest BCUT2D eigenvalue weighted by molar-refractivity contribution is 6.06. The standard InChI is InChI=1S/C26H24F4N4O5/c1-12-3-4-19(14-8-17(28)22(30)18(29)9-14)34(12)20(35)11-33-23(36)26(39-25(33)38)6-5-13-7-15(32-24(37)31-2)10-16(27)21(13)26/h7-10,12,19H,3-6,11H2,1-2H3,(H2,31,32,37)/t12-,19-,26+/m0/s1. The first-order valence-electron chi connectivity index (χ1n) is 12.3. The van der Waals surface area contributed by atoms with E-state index in [0.717, 1.165) is 18.2 Å². The number of nitrogens with zero attached hydrogens (tertiary/aromatic N) is 2. The van der Waals surface area contributed by atoms with E-state index in [4.69, 9.17) is 4.74 Å². The van der Waals surface area contributed by atoms with E-state index in [2.05, 4.69) is 10.6 Å². The van der Waals surface area contributed by atoms with Gasteiger partial charge in [0.1, 0.15) is 12.4 Å². The van der Waals surface area contributed by atoms with Crippen LogP contribution in [0.4, 0.5) is 32.8 Å². The van der Waals surface area contributed by atoms with Crippen LogP contribution in [-0.4, -0.2) is 53.4 Å². The molecule has 2 aliphatic heterocycles. The highest BCUT2D eigenvalue weighted by Crippen LogP contribution is 2.47. The molecule has 1 spiro atoms. The maximum Gasteiger partial charge on any atom is 0.418 e. The number of amides is 5. The largest absolute Gasteiger partial charge is 0.427 e. The SMILES string of the molecule is CNC(=O)Nc1cc(F)c2c(c1)CC[C@@]21OC(=O)N(CC(=O)N2[C@@H](C)CC[C@H]2c2cc(F)c(F)c(F)c2)C1=O. The Hall–Kier alpha value is -4.16. The van der Waals surface area contributed by atoms with Gasteiger partial charge in [0.15, 0.2) is 17.5 Å². The minimum Gasteiger partial charge on any atom is -0.427 e. The average molecular weight is 548 g/mol. The van der Waals surface area contributed by atoms with Crippen molar-refractivity contribution in [3.8, 4) is 0 Å². The van der Waals surface area contributed by atoms with Gasteiger partial charge in [-0.15, -0.1) is 0 Å². The predicted octanol–water partition coefficient (Wildman–Crippen LogP) is 3.87. The first kappa shape index (κ1) is 26.4. The molecule has 0 aromatic heterocycles. The van der Waals surface area contributed by atoms with Crippen molar-refractivity contribution in [2.24, 2.45) is 0 Å². The van der Waals surface area contributed by atoms with Gasteiger partial charge in [-0.3, -0.25) is 9.59 Å². The van der Waals surface area contributed by atoms with E-state index in [9.17, 15) is 32.3 Å². The minimum absolute atomic E-state index is 0.0452. The molecular formula is C26H24F4N4O5. The van der Waals surface area contributed by atoms with Crippen LogP contribution in [0, 0.1) is 23.3 Å². The number of aryl methyl sites for hydroxylation is 1. The molecule has 1 aliphatic carbocycles. The van der Waals surface area contributed by atoms with Gasteiger partial charge < -0.3 is 20.3 Å². The topological polar surface area (TPSA) is 108 Å². The molecule has 0 radical (unpaired) electrons. The lowest BCUT2D eigenvalue weighted by atomic mass is 9.94. The Morgan fingerprint density at radius 3 is 2.41 bits per heavy atom. The Morgan fingerprint density at radius 1 is 1.05 bits per heavy atom. The number of likely N-dealkylation sites (tertiary alicyclic amines) is 1. The van der Waals surface area contributed by atoms with Crippen LogP contribution >= 0.6 is 0 Å². The van der Waals surface area contributed by atoms with Gasteiger partial charge in [0, 0.05) is 30.8 Å². The second kappa shape index (κ2) is 9.54. The molecular weight excluding hydrogens is 524 g/mol. The van der Waals surface area contributed by atoms with Crippen LogP contribution < -0.4 is 10.6 Å². The van der Waals surface area contributed by atoms with Crippen LogP contribution in [0.25, 0.3) is 0 Å². The Balaban J connectivity index is 1.39. The van der Waals surface area contributed by atoms with Crippen molar-refractivity contribution in [1.82, 2.24) is 15.1 Å². The number of rotatable bonds is 4. The summed E-state index contributed by atoms with van der Waals surface area (Å²) in [6, 6.07) is 2.33. The smallest absolute Gasteiger partial charge is 0.418 e. The third kappa shape index (κ3) is 4.25. The number of halogens is 4. The molecule has 2 saturated heterocycles. The normalized spacial score (nSPS) is 23.8. The molecule has 3 aliphatic rings. The van der Waals surface area contributed by atoms with Gasteiger partial charge in [-0.25, -0.2) is 32.1 Å². The van der Waals surface area contributed by atoms with Crippen molar-refractivity contribution in [3.63, 3.8) is 0 Å². The Labute approximate surface area is 220 Å². The number of ether oxygens (including phenoxy) is 1. The van der Waals surface area contributed by atoms with Crippen LogP contribution in [0.15, 0.2) is 24.3 Å². The lowest BCUT2D eigenvalue weighted by Gasteiger charge is -2.30. The quantitative estimate of drug-likeness (QED) is 0.446. The monoisotopic (exact) mass is 548 g/mol. The van der Waals surface area contributed by atoms with Gasteiger partial charge in [0.2, 0.25) is 11.5 Å². The van der Waals surface area contributed by atoms with E-state index < -0.39 is 71.4 Å². The average Bonchev–Trinajstić information content (AvgIpc) is 3.52. The summed E-state index contributed by atoms with van der Waals surface area (Å²) in [6.07, 6.45) is -0.233. The number of fused-ring (bicyclic) bond motifs is 2. The molecule has 2 fully saturated rings. The van der Waals surface area contributed by atoms with Gasteiger partial charge in [-0.2, -0.15) is 0 Å². The second-order valence-electron chi connectivity index (χ2n) is 9.82. The van der Waals surface area contributed by atoms with Crippen LogP contribution in [0.3, 0.4) is 0 Å². The number of nitrogens with one attached hydrogen (secondary N) is 2. The third-order valence-corrected chi connectivity index (χ3v) is 7.52. The highest BCUT2D eigenvalue weighted by atomic mass is 19.2. The number of carbonyl (C=O) groups is 4. The molecule has 39 heavy (non-hydrogen) atoms. The maximum absolute atomic E-state index is 15.2. The van der Waals surface area contributed by atoms with Crippen molar-refractivity contribution in [2.45, 2.75) is 50.3 Å². The van der Waals surface area contributed by atoms with E-state index in [1.807, 2.05) is 0 Å². The molecule has 13 heteroatoms. The maximum atomic E-state index is 15.2. The van der Waals surface area contributed by atoms with Crippen LogP contribution in [-0.2, 0) is 26.3 Å². The zero-order chi connectivity index (χ0) is 28.2. The Morgan fingerprint density at radius 2 is 1.74 bits per heavy atom. The zero-order valence-electron chi connectivity index (χ0n) is 20.9. The fourth-order valence-corrected chi connectivity index (χ4v) is 5.73. The van der Waals surface area contributed by atoms with Crippen LogP contribution in [0.5, 0.6) is 0 Å². The number of urea groups is 1. The molecule has 9 nitrogen and oxygen atoms in total. The summed E-state index contributed by atoms with van der Waals surface area (Å²) in [4.78, 5) is 53.2. The van der Waals surface area contributed by atoms with E-state index in [-0.39, 0.29) is 29.7 Å². The van der Waals surface area contributed by atoms with Crippen molar-refractivity contribution in [2.75, 3.05) is 18.9 Å². The van der Waals surface area contributed by atoms with Gasteiger partial charge in [0.05, 0.1) is 6.04 Å². The summed E-state index contributed by atoms with van der Waals surface area (Å²) < 4.78 is 61.9. The summed E-state index contributed by atoms with van der Waals surface area (Å²) in [6.45, 7) is 0.965. The van der Waals surface area contributed by atoms with Crippen molar-refractivity contribution in [3.05, 3.63) is 64.2 Å². The molecule has 206 valence electrons. The third-order valence-electron chi connectivity index (χ3n) is 7.52. The molecule has 2 aromatic carbocycles. The summed E-state index contributed by atoms with van der Waals surface area (Å²) >= 11 is 0. The van der Waals surface area contributed by atoms with E-state index in [0.29, 0.717) is 23.3 Å². The van der Waals surface area contributed by atoms with E-state index >= 15 is 4.39 Å². The van der Waals surface area contributed by atoms with E-state index in [1.54, 1.807) is 6.92 Å². The molecule has 2 aromatic rings. The number of hydrogen-bond donors (Lipinski definition) is 2. The first-order valence-corrected chi connectivity index (χ1v) is 12.3. The number of hydrogen-bond acceptors (Lipinski definition) is 5. The first-order chi connectivity index (χ1) is 18.5. The number of anilines is 1. The molecule has 5 rings (SSSR count). The van der Waals surface area contributed by atoms with E-state index in [1.165, 1.54) is 18.0 Å².